The molecule has 5 nitrogen and oxygen atoms in total. The number of anilines is 1. The Morgan fingerprint density at radius 1 is 1.15 bits per heavy atom. The van der Waals surface area contributed by atoms with Crippen LogP contribution in [0.25, 0.3) is 0 Å². The van der Waals surface area contributed by atoms with E-state index in [1.165, 1.54) is 12.1 Å². The summed E-state index contributed by atoms with van der Waals surface area (Å²) in [4.78, 5) is -0.150. The Morgan fingerprint density at radius 3 is 2.50 bits per heavy atom. The van der Waals surface area contributed by atoms with Crippen LogP contribution < -0.4 is 15.6 Å². The molecule has 0 saturated heterocycles. The molecule has 0 aliphatic carbocycles. The maximum absolute atomic E-state index is 11.4. The van der Waals surface area contributed by atoms with Crippen molar-refractivity contribution in [1.82, 2.24) is 0 Å². The second-order valence-corrected chi connectivity index (χ2v) is 6.67. The normalized spacial score (nSPS) is 11.3. The van der Waals surface area contributed by atoms with E-state index in [9.17, 15) is 8.42 Å². The van der Waals surface area contributed by atoms with Gasteiger partial charge in [0.15, 0.2) is 5.75 Å². The molecule has 0 aromatic heterocycles. The first-order valence-corrected chi connectivity index (χ1v) is 7.98. The molecule has 0 radical (unpaired) electrons. The zero-order valence-electron chi connectivity index (χ0n) is 10.6. The molecule has 4 N–H and O–H groups in total. The van der Waals surface area contributed by atoms with Crippen LogP contribution in [-0.4, -0.2) is 8.42 Å². The van der Waals surface area contributed by atoms with Crippen molar-refractivity contribution in [2.45, 2.75) is 11.8 Å². The third-order valence-corrected chi connectivity index (χ3v) is 4.17. The summed E-state index contributed by atoms with van der Waals surface area (Å²) in [5.74, 6) is 0.829. The summed E-state index contributed by atoms with van der Waals surface area (Å²) in [7, 11) is -3.88. The van der Waals surface area contributed by atoms with Crippen molar-refractivity contribution in [2.24, 2.45) is 5.14 Å². The second-order valence-electron chi connectivity index (χ2n) is 4.22. The fourth-order valence-corrected chi connectivity index (χ4v) is 2.68. The van der Waals surface area contributed by atoms with Crippen LogP contribution >= 0.6 is 15.9 Å². The molecule has 0 saturated carbocycles. The van der Waals surface area contributed by atoms with E-state index in [1.54, 1.807) is 12.1 Å². The van der Waals surface area contributed by atoms with Crippen molar-refractivity contribution >= 4 is 31.6 Å². The molecule has 2 aromatic rings. The van der Waals surface area contributed by atoms with Gasteiger partial charge in [-0.3, -0.25) is 0 Å². The van der Waals surface area contributed by atoms with E-state index >= 15 is 0 Å². The predicted octanol–water partition coefficient (Wildman–Crippen LogP) is 2.78. The van der Waals surface area contributed by atoms with Gasteiger partial charge in [0, 0.05) is 4.47 Å². The highest BCUT2D eigenvalue weighted by molar-refractivity contribution is 9.10. The van der Waals surface area contributed by atoms with Gasteiger partial charge in [0.1, 0.15) is 10.6 Å². The monoisotopic (exact) mass is 356 g/mol. The fourth-order valence-electron chi connectivity index (χ4n) is 1.66. The van der Waals surface area contributed by atoms with E-state index in [4.69, 9.17) is 15.6 Å². The van der Waals surface area contributed by atoms with E-state index in [0.29, 0.717) is 5.75 Å². The average molecular weight is 357 g/mol. The first-order chi connectivity index (χ1) is 9.29. The molecule has 0 atom stereocenters. The maximum Gasteiger partial charge on any atom is 0.240 e. The lowest BCUT2D eigenvalue weighted by Gasteiger charge is -2.13. The fraction of sp³-hybridized carbons (Fsp3) is 0.0769. The number of primary sulfonamides is 1. The lowest BCUT2D eigenvalue weighted by molar-refractivity contribution is 0.479. The van der Waals surface area contributed by atoms with Crippen LogP contribution in [0, 0.1) is 6.92 Å². The molecule has 0 spiro atoms. The van der Waals surface area contributed by atoms with Crippen molar-refractivity contribution in [2.75, 3.05) is 5.73 Å². The standard InChI is InChI=1S/C13H13BrN2O3S/c1-8-5-6-9(14)7-11(8)19-10-3-2-4-12(13(10)15)20(16,17)18/h2-7H,15H2,1H3,(H2,16,17,18). The van der Waals surface area contributed by atoms with Gasteiger partial charge in [-0.05, 0) is 36.8 Å². The average Bonchev–Trinajstić information content (AvgIpc) is 2.35. The highest BCUT2D eigenvalue weighted by Gasteiger charge is 2.16. The number of benzene rings is 2. The molecule has 0 heterocycles. The molecule has 0 aliphatic heterocycles. The van der Waals surface area contributed by atoms with Gasteiger partial charge >= 0.3 is 0 Å². The number of halogens is 1. The van der Waals surface area contributed by atoms with Gasteiger partial charge in [-0.15, -0.1) is 0 Å². The molecule has 20 heavy (non-hydrogen) atoms. The molecular formula is C13H13BrN2O3S. The number of aryl methyl sites for hydroxylation is 1. The molecular weight excluding hydrogens is 344 g/mol. The van der Waals surface area contributed by atoms with Gasteiger partial charge < -0.3 is 10.5 Å². The van der Waals surface area contributed by atoms with Crippen LogP contribution in [0.2, 0.25) is 0 Å². The van der Waals surface area contributed by atoms with E-state index < -0.39 is 10.0 Å². The highest BCUT2D eigenvalue weighted by Crippen LogP contribution is 2.34. The largest absolute Gasteiger partial charge is 0.455 e. The molecule has 7 heteroatoms. The lowest BCUT2D eigenvalue weighted by atomic mass is 10.2. The Kier molecular flexibility index (Phi) is 4.03. The van der Waals surface area contributed by atoms with Gasteiger partial charge in [0.2, 0.25) is 10.0 Å². The number of ether oxygens (including phenoxy) is 1. The number of hydrogen-bond donors (Lipinski definition) is 2. The molecule has 0 bridgehead atoms. The van der Waals surface area contributed by atoms with Crippen LogP contribution in [0.4, 0.5) is 5.69 Å². The minimum Gasteiger partial charge on any atom is -0.455 e. The number of rotatable bonds is 3. The van der Waals surface area contributed by atoms with Crippen molar-refractivity contribution in [3.8, 4) is 11.5 Å². The first kappa shape index (κ1) is 14.8. The molecule has 2 aromatic carbocycles. The van der Waals surface area contributed by atoms with Crippen LogP contribution in [0.5, 0.6) is 11.5 Å². The van der Waals surface area contributed by atoms with Crippen LogP contribution in [-0.2, 0) is 10.0 Å². The summed E-state index contributed by atoms with van der Waals surface area (Å²) < 4.78 is 29.4. The van der Waals surface area contributed by atoms with Gasteiger partial charge in [-0.2, -0.15) is 0 Å². The topological polar surface area (TPSA) is 95.4 Å². The third kappa shape index (κ3) is 3.12. The van der Waals surface area contributed by atoms with Gasteiger partial charge in [0.05, 0.1) is 5.69 Å². The molecule has 0 fully saturated rings. The summed E-state index contributed by atoms with van der Waals surface area (Å²) in [6.07, 6.45) is 0. The Balaban J connectivity index is 2.47. The zero-order valence-corrected chi connectivity index (χ0v) is 13.0. The highest BCUT2D eigenvalue weighted by atomic mass is 79.9. The quantitative estimate of drug-likeness (QED) is 0.826. The first-order valence-electron chi connectivity index (χ1n) is 5.64. The SMILES string of the molecule is Cc1ccc(Br)cc1Oc1cccc(S(N)(=O)=O)c1N. The zero-order chi connectivity index (χ0) is 14.9. The van der Waals surface area contributed by atoms with Gasteiger partial charge in [-0.25, -0.2) is 13.6 Å². The van der Waals surface area contributed by atoms with E-state index in [2.05, 4.69) is 15.9 Å². The Bertz CT molecular complexity index is 760. The van der Waals surface area contributed by atoms with Crippen molar-refractivity contribution in [3.63, 3.8) is 0 Å². The Morgan fingerprint density at radius 2 is 1.85 bits per heavy atom. The minimum atomic E-state index is -3.88. The van der Waals surface area contributed by atoms with Crippen LogP contribution in [0.1, 0.15) is 5.56 Å². The number of para-hydroxylation sites is 1. The number of sulfonamides is 1. The maximum atomic E-state index is 11.4. The van der Waals surface area contributed by atoms with Crippen molar-refractivity contribution in [3.05, 3.63) is 46.4 Å². The Labute approximate surface area is 125 Å². The van der Waals surface area contributed by atoms with Crippen molar-refractivity contribution in [1.29, 1.82) is 0 Å². The number of nitrogens with two attached hydrogens (primary N) is 2. The van der Waals surface area contributed by atoms with Crippen LogP contribution in [0.15, 0.2) is 45.8 Å². The minimum absolute atomic E-state index is 0.00521. The summed E-state index contributed by atoms with van der Waals surface area (Å²) in [5, 5.41) is 5.10. The van der Waals surface area contributed by atoms with Gasteiger partial charge in [-0.1, -0.05) is 28.1 Å². The number of nitrogen functional groups attached to an aromatic ring is 1. The smallest absolute Gasteiger partial charge is 0.240 e. The molecule has 0 unspecified atom stereocenters. The molecule has 0 aliphatic rings. The Hall–Kier alpha value is -1.57. The summed E-state index contributed by atoms with van der Waals surface area (Å²) in [6.45, 7) is 1.88. The van der Waals surface area contributed by atoms with E-state index in [1.807, 2.05) is 19.1 Å². The van der Waals surface area contributed by atoms with E-state index in [-0.39, 0.29) is 16.3 Å². The predicted molar refractivity (Wildman–Crippen MR) is 81.2 cm³/mol. The van der Waals surface area contributed by atoms with E-state index in [0.717, 1.165) is 10.0 Å². The second kappa shape index (κ2) is 5.43. The summed E-state index contributed by atoms with van der Waals surface area (Å²) in [6, 6.07) is 9.98. The van der Waals surface area contributed by atoms with Gasteiger partial charge in [0.25, 0.3) is 0 Å². The molecule has 2 rings (SSSR count). The number of hydrogen-bond acceptors (Lipinski definition) is 4. The summed E-state index contributed by atoms with van der Waals surface area (Å²) >= 11 is 3.35. The van der Waals surface area contributed by atoms with Crippen molar-refractivity contribution < 1.29 is 13.2 Å². The summed E-state index contributed by atoms with van der Waals surface area (Å²) in [5.41, 5.74) is 6.70. The third-order valence-electron chi connectivity index (χ3n) is 2.70. The molecule has 0 amide bonds. The molecule has 106 valence electrons. The van der Waals surface area contributed by atoms with Crippen LogP contribution in [0.3, 0.4) is 0 Å². The lowest BCUT2D eigenvalue weighted by Crippen LogP contribution is -2.14.